The summed E-state index contributed by atoms with van der Waals surface area (Å²) in [7, 11) is 1.87. The van der Waals surface area contributed by atoms with Gasteiger partial charge in [0, 0.05) is 31.1 Å². The molecule has 29 heavy (non-hydrogen) atoms. The first-order valence-corrected chi connectivity index (χ1v) is 9.88. The van der Waals surface area contributed by atoms with E-state index < -0.39 is 0 Å². The van der Waals surface area contributed by atoms with Gasteiger partial charge < -0.3 is 14.2 Å². The highest BCUT2D eigenvalue weighted by atomic mass is 16.5. The summed E-state index contributed by atoms with van der Waals surface area (Å²) >= 11 is 0. The van der Waals surface area contributed by atoms with E-state index in [0.29, 0.717) is 19.6 Å². The summed E-state index contributed by atoms with van der Waals surface area (Å²) in [6.45, 7) is 4.87. The topological polar surface area (TPSA) is 47.4 Å². The van der Waals surface area contributed by atoms with Gasteiger partial charge in [0.2, 0.25) is 5.91 Å². The van der Waals surface area contributed by atoms with Gasteiger partial charge in [0.15, 0.2) is 0 Å². The number of benzene rings is 2. The zero-order valence-electron chi connectivity index (χ0n) is 16.6. The van der Waals surface area contributed by atoms with Crippen molar-refractivity contribution < 1.29 is 9.53 Å². The molecule has 0 spiro atoms. The molecular weight excluding hydrogens is 362 g/mol. The van der Waals surface area contributed by atoms with Crippen LogP contribution in [-0.2, 0) is 4.79 Å². The van der Waals surface area contributed by atoms with Gasteiger partial charge in [-0.25, -0.2) is 4.98 Å². The van der Waals surface area contributed by atoms with Gasteiger partial charge in [0.1, 0.15) is 12.4 Å². The molecule has 1 amide bonds. The molecule has 1 fully saturated rings. The number of likely N-dealkylation sites (N-methyl/N-ethyl adjacent to an activating group) is 1. The smallest absolute Gasteiger partial charge is 0.222 e. The van der Waals surface area contributed by atoms with Gasteiger partial charge in [-0.3, -0.25) is 4.79 Å². The Balaban J connectivity index is 1.85. The highest BCUT2D eigenvalue weighted by Gasteiger charge is 2.28. The first kappa shape index (κ1) is 19.0. The van der Waals surface area contributed by atoms with E-state index in [1.165, 1.54) is 0 Å². The minimum atomic E-state index is 0.171. The number of carbonyl (C=O) groups is 1. The number of rotatable bonds is 6. The van der Waals surface area contributed by atoms with Crippen molar-refractivity contribution in [2.24, 2.45) is 0 Å². The number of imidazole rings is 1. The monoisotopic (exact) mass is 387 g/mol. The predicted molar refractivity (Wildman–Crippen MR) is 115 cm³/mol. The Hall–Kier alpha value is -3.34. The summed E-state index contributed by atoms with van der Waals surface area (Å²) in [4.78, 5) is 18.6. The van der Waals surface area contributed by atoms with Gasteiger partial charge in [0.05, 0.1) is 23.8 Å². The van der Waals surface area contributed by atoms with Crippen molar-refractivity contribution >= 4 is 5.91 Å². The van der Waals surface area contributed by atoms with Gasteiger partial charge in [-0.1, -0.05) is 55.1 Å². The average Bonchev–Trinajstić information content (AvgIpc) is 3.20. The van der Waals surface area contributed by atoms with Crippen LogP contribution in [0.15, 0.2) is 73.6 Å². The Bertz CT molecular complexity index is 1010. The van der Waals surface area contributed by atoms with Crippen molar-refractivity contribution in [1.29, 1.82) is 0 Å². The number of para-hydroxylation sites is 1. The Morgan fingerprint density at radius 3 is 2.69 bits per heavy atom. The van der Waals surface area contributed by atoms with Crippen LogP contribution in [0.3, 0.4) is 0 Å². The highest BCUT2D eigenvalue weighted by molar-refractivity contribution is 5.82. The molecule has 1 unspecified atom stereocenters. The van der Waals surface area contributed by atoms with E-state index in [1.807, 2.05) is 49.8 Å². The van der Waals surface area contributed by atoms with Gasteiger partial charge >= 0.3 is 0 Å². The number of nitrogens with zero attached hydrogens (tertiary/aromatic N) is 3. The van der Waals surface area contributed by atoms with Crippen LogP contribution in [0, 0.1) is 0 Å². The zero-order chi connectivity index (χ0) is 20.2. The van der Waals surface area contributed by atoms with Crippen LogP contribution < -0.4 is 4.74 Å². The van der Waals surface area contributed by atoms with Crippen molar-refractivity contribution in [2.75, 3.05) is 20.2 Å². The number of hydrogen-bond acceptors (Lipinski definition) is 3. The Kier molecular flexibility index (Phi) is 5.47. The Morgan fingerprint density at radius 2 is 1.93 bits per heavy atom. The maximum absolute atomic E-state index is 12.0. The highest BCUT2D eigenvalue weighted by Crippen LogP contribution is 2.39. The lowest BCUT2D eigenvalue weighted by Gasteiger charge is -2.31. The van der Waals surface area contributed by atoms with Crippen molar-refractivity contribution in [1.82, 2.24) is 14.5 Å². The molecule has 4 rings (SSSR count). The number of hydrogen-bond donors (Lipinski definition) is 0. The molecule has 1 aromatic heterocycles. The van der Waals surface area contributed by atoms with Crippen LogP contribution in [0.1, 0.15) is 18.9 Å². The summed E-state index contributed by atoms with van der Waals surface area (Å²) < 4.78 is 8.17. The molecule has 1 saturated heterocycles. The van der Waals surface area contributed by atoms with Crippen molar-refractivity contribution in [3.05, 3.63) is 73.6 Å². The van der Waals surface area contributed by atoms with E-state index >= 15 is 0 Å². The van der Waals surface area contributed by atoms with Crippen molar-refractivity contribution in [2.45, 2.75) is 18.9 Å². The van der Waals surface area contributed by atoms with Gasteiger partial charge in [-0.2, -0.15) is 0 Å². The van der Waals surface area contributed by atoms with Crippen LogP contribution in [-0.4, -0.2) is 40.6 Å². The molecule has 0 radical (unpaired) electrons. The lowest BCUT2D eigenvalue weighted by atomic mass is 10.0. The van der Waals surface area contributed by atoms with E-state index in [0.717, 1.165) is 34.7 Å². The third kappa shape index (κ3) is 3.81. The summed E-state index contributed by atoms with van der Waals surface area (Å²) in [5.41, 5.74) is 3.98. The molecule has 0 N–H and O–H groups in total. The number of aromatic nitrogens is 2. The standard InChI is InChI=1S/C24H25N3O2/c1-3-15-29-21-12-8-7-11-20(21)24-23(18-9-5-4-6-10-18)25-17-27(24)19-13-14-22(28)26(2)16-19/h3-12,17,19H,1,13-16H2,2H3. The molecule has 5 heteroatoms. The number of ether oxygens (including phenoxy) is 1. The fraction of sp³-hybridized carbons (Fsp3) is 0.250. The maximum atomic E-state index is 12.0. The molecule has 0 saturated carbocycles. The second-order valence-corrected chi connectivity index (χ2v) is 7.28. The molecule has 148 valence electrons. The van der Waals surface area contributed by atoms with E-state index in [2.05, 4.69) is 29.3 Å². The third-order valence-electron chi connectivity index (χ3n) is 5.34. The van der Waals surface area contributed by atoms with Crippen LogP contribution in [0.5, 0.6) is 5.75 Å². The summed E-state index contributed by atoms with van der Waals surface area (Å²) in [5, 5.41) is 0. The normalized spacial score (nSPS) is 16.7. The molecule has 2 aromatic carbocycles. The lowest BCUT2D eigenvalue weighted by Crippen LogP contribution is -2.37. The average molecular weight is 387 g/mol. The quantitative estimate of drug-likeness (QED) is 0.582. The van der Waals surface area contributed by atoms with Crippen LogP contribution in [0.4, 0.5) is 0 Å². The number of amides is 1. The summed E-state index contributed by atoms with van der Waals surface area (Å²) in [6.07, 6.45) is 4.99. The van der Waals surface area contributed by atoms with Crippen LogP contribution in [0.25, 0.3) is 22.5 Å². The predicted octanol–water partition coefficient (Wildman–Crippen LogP) is 4.58. The van der Waals surface area contributed by atoms with Gasteiger partial charge in [-0.15, -0.1) is 0 Å². The van der Waals surface area contributed by atoms with E-state index in [4.69, 9.17) is 9.72 Å². The summed E-state index contributed by atoms with van der Waals surface area (Å²) in [5.74, 6) is 0.993. The van der Waals surface area contributed by atoms with Crippen LogP contribution >= 0.6 is 0 Å². The van der Waals surface area contributed by atoms with Crippen molar-refractivity contribution in [3.8, 4) is 28.3 Å². The molecule has 1 aliphatic heterocycles. The molecular formula is C24H25N3O2. The number of piperidine rings is 1. The van der Waals surface area contributed by atoms with Crippen molar-refractivity contribution in [3.63, 3.8) is 0 Å². The van der Waals surface area contributed by atoms with E-state index in [-0.39, 0.29) is 11.9 Å². The fourth-order valence-corrected chi connectivity index (χ4v) is 3.87. The first-order valence-electron chi connectivity index (χ1n) is 9.88. The molecule has 5 nitrogen and oxygen atoms in total. The zero-order valence-corrected chi connectivity index (χ0v) is 16.6. The first-order chi connectivity index (χ1) is 14.2. The minimum Gasteiger partial charge on any atom is -0.489 e. The molecule has 0 bridgehead atoms. The van der Waals surface area contributed by atoms with E-state index in [9.17, 15) is 4.79 Å². The summed E-state index contributed by atoms with van der Waals surface area (Å²) in [6, 6.07) is 18.4. The SMILES string of the molecule is C=CCOc1ccccc1-c1c(-c2ccccc2)ncn1C1CCC(=O)N(C)C1. The van der Waals surface area contributed by atoms with Crippen LogP contribution in [0.2, 0.25) is 0 Å². The number of carbonyl (C=O) groups excluding carboxylic acids is 1. The maximum Gasteiger partial charge on any atom is 0.222 e. The fourth-order valence-electron chi connectivity index (χ4n) is 3.87. The Labute approximate surface area is 171 Å². The lowest BCUT2D eigenvalue weighted by molar-refractivity contribution is -0.132. The Morgan fingerprint density at radius 1 is 1.17 bits per heavy atom. The molecule has 2 heterocycles. The number of likely N-dealkylation sites (tertiary alicyclic amines) is 1. The van der Waals surface area contributed by atoms with Gasteiger partial charge in [0.25, 0.3) is 0 Å². The molecule has 3 aromatic rings. The third-order valence-corrected chi connectivity index (χ3v) is 5.34. The largest absolute Gasteiger partial charge is 0.489 e. The van der Waals surface area contributed by atoms with E-state index in [1.54, 1.807) is 11.0 Å². The second kappa shape index (κ2) is 8.35. The molecule has 0 aliphatic carbocycles. The van der Waals surface area contributed by atoms with Gasteiger partial charge in [-0.05, 0) is 18.6 Å². The minimum absolute atomic E-state index is 0.171. The molecule has 1 atom stereocenters. The second-order valence-electron chi connectivity index (χ2n) is 7.28. The molecule has 1 aliphatic rings.